The van der Waals surface area contributed by atoms with Crippen molar-refractivity contribution >= 4 is 28.2 Å². The molecule has 13 heavy (non-hydrogen) atoms. The lowest BCUT2D eigenvalue weighted by molar-refractivity contribution is -0.110. The van der Waals surface area contributed by atoms with Gasteiger partial charge in [-0.15, -0.1) is 0 Å². The van der Waals surface area contributed by atoms with Crippen LogP contribution in [0.3, 0.4) is 0 Å². The molecular weight excluding hydrogens is 236 g/mol. The molecule has 0 heterocycles. The normalized spacial score (nSPS) is 9.31. The van der Waals surface area contributed by atoms with Crippen molar-refractivity contribution in [2.75, 3.05) is 6.61 Å². The summed E-state index contributed by atoms with van der Waals surface area (Å²) in [5.41, 5.74) is 0.427. The Kier molecular flexibility index (Phi) is 3.64. The van der Waals surface area contributed by atoms with Gasteiger partial charge in [-0.3, -0.25) is 4.79 Å². The molecule has 68 valence electrons. The Balaban J connectivity index is 2.71. The molecule has 0 amide bonds. The number of rotatable bonds is 3. The van der Waals surface area contributed by atoms with Crippen LogP contribution in [0, 0.1) is 0 Å². The zero-order chi connectivity index (χ0) is 9.68. The SMILES string of the molecule is O=CCOC(=O)c1cccc(Br)c1. The first-order valence-electron chi connectivity index (χ1n) is 3.60. The molecule has 0 saturated carbocycles. The molecule has 0 radical (unpaired) electrons. The monoisotopic (exact) mass is 242 g/mol. The Morgan fingerprint density at radius 3 is 2.92 bits per heavy atom. The van der Waals surface area contributed by atoms with Crippen molar-refractivity contribution in [3.05, 3.63) is 34.3 Å². The fourth-order valence-electron chi connectivity index (χ4n) is 0.808. The van der Waals surface area contributed by atoms with Crippen molar-refractivity contribution in [2.24, 2.45) is 0 Å². The summed E-state index contributed by atoms with van der Waals surface area (Å²) < 4.78 is 5.40. The summed E-state index contributed by atoms with van der Waals surface area (Å²) in [5, 5.41) is 0. The lowest BCUT2D eigenvalue weighted by Gasteiger charge is -2.00. The number of carbonyl (C=O) groups excluding carboxylic acids is 2. The maximum absolute atomic E-state index is 11.2. The van der Waals surface area contributed by atoms with Crippen molar-refractivity contribution < 1.29 is 14.3 Å². The van der Waals surface area contributed by atoms with Crippen LogP contribution in [0.25, 0.3) is 0 Å². The Bertz CT molecular complexity index is 322. The number of hydrogen-bond donors (Lipinski definition) is 0. The summed E-state index contributed by atoms with van der Waals surface area (Å²) in [6.07, 6.45) is 0.538. The highest BCUT2D eigenvalue weighted by Crippen LogP contribution is 2.12. The number of aldehydes is 1. The molecule has 0 unspecified atom stereocenters. The van der Waals surface area contributed by atoms with Crippen molar-refractivity contribution in [3.8, 4) is 0 Å². The minimum atomic E-state index is -0.492. The van der Waals surface area contributed by atoms with E-state index in [1.165, 1.54) is 0 Å². The van der Waals surface area contributed by atoms with Gasteiger partial charge in [-0.25, -0.2) is 4.79 Å². The summed E-state index contributed by atoms with van der Waals surface area (Å²) in [6.45, 7) is -0.203. The molecule has 0 atom stereocenters. The van der Waals surface area contributed by atoms with Crippen LogP contribution >= 0.6 is 15.9 Å². The molecular formula is C9H7BrO3. The second-order valence-electron chi connectivity index (χ2n) is 2.28. The van der Waals surface area contributed by atoms with E-state index in [0.717, 1.165) is 4.47 Å². The summed E-state index contributed by atoms with van der Waals surface area (Å²) >= 11 is 3.22. The number of halogens is 1. The van der Waals surface area contributed by atoms with Gasteiger partial charge >= 0.3 is 5.97 Å². The van der Waals surface area contributed by atoms with E-state index in [4.69, 9.17) is 0 Å². The molecule has 0 fully saturated rings. The van der Waals surface area contributed by atoms with Crippen LogP contribution in [0.15, 0.2) is 28.7 Å². The van der Waals surface area contributed by atoms with E-state index >= 15 is 0 Å². The van der Waals surface area contributed by atoms with E-state index in [0.29, 0.717) is 11.8 Å². The van der Waals surface area contributed by atoms with Crippen LogP contribution in [0.4, 0.5) is 0 Å². The number of carbonyl (C=O) groups is 2. The van der Waals surface area contributed by atoms with E-state index < -0.39 is 5.97 Å². The van der Waals surface area contributed by atoms with Crippen molar-refractivity contribution in [1.29, 1.82) is 0 Å². The van der Waals surface area contributed by atoms with E-state index in [-0.39, 0.29) is 6.61 Å². The number of hydrogen-bond acceptors (Lipinski definition) is 3. The third-order valence-electron chi connectivity index (χ3n) is 1.34. The smallest absolute Gasteiger partial charge is 0.338 e. The molecule has 3 nitrogen and oxygen atoms in total. The highest BCUT2D eigenvalue weighted by Gasteiger charge is 2.05. The largest absolute Gasteiger partial charge is 0.454 e. The van der Waals surface area contributed by atoms with Crippen molar-refractivity contribution in [2.45, 2.75) is 0 Å². The van der Waals surface area contributed by atoms with E-state index in [1.54, 1.807) is 24.3 Å². The Morgan fingerprint density at radius 1 is 1.54 bits per heavy atom. The highest BCUT2D eigenvalue weighted by atomic mass is 79.9. The van der Waals surface area contributed by atoms with E-state index in [2.05, 4.69) is 20.7 Å². The predicted octanol–water partition coefficient (Wildman–Crippen LogP) is 1.80. The lowest BCUT2D eigenvalue weighted by Crippen LogP contribution is -2.06. The van der Waals surface area contributed by atoms with Gasteiger partial charge in [-0.1, -0.05) is 22.0 Å². The minimum absolute atomic E-state index is 0.203. The molecule has 0 N–H and O–H groups in total. The van der Waals surface area contributed by atoms with Gasteiger partial charge in [-0.2, -0.15) is 0 Å². The minimum Gasteiger partial charge on any atom is -0.454 e. The first-order valence-corrected chi connectivity index (χ1v) is 4.39. The number of benzene rings is 1. The van der Waals surface area contributed by atoms with Gasteiger partial charge in [0.05, 0.1) is 5.56 Å². The van der Waals surface area contributed by atoms with Crippen LogP contribution in [-0.2, 0) is 9.53 Å². The third-order valence-corrected chi connectivity index (χ3v) is 1.84. The number of ether oxygens (including phenoxy) is 1. The Labute approximate surface area is 83.8 Å². The fourth-order valence-corrected chi connectivity index (χ4v) is 1.21. The van der Waals surface area contributed by atoms with Gasteiger partial charge in [0.15, 0.2) is 6.29 Å². The average Bonchev–Trinajstić information content (AvgIpc) is 2.14. The van der Waals surface area contributed by atoms with Crippen LogP contribution in [0.2, 0.25) is 0 Å². The fraction of sp³-hybridized carbons (Fsp3) is 0.111. The third kappa shape index (κ3) is 2.99. The average molecular weight is 243 g/mol. The molecule has 4 heteroatoms. The van der Waals surface area contributed by atoms with Crippen LogP contribution in [0.1, 0.15) is 10.4 Å². The summed E-state index contributed by atoms with van der Waals surface area (Å²) in [6, 6.07) is 6.78. The predicted molar refractivity (Wildman–Crippen MR) is 50.5 cm³/mol. The van der Waals surface area contributed by atoms with Gasteiger partial charge in [0, 0.05) is 4.47 Å². The van der Waals surface area contributed by atoms with Gasteiger partial charge < -0.3 is 4.74 Å². The molecule has 0 aliphatic rings. The standard InChI is InChI=1S/C9H7BrO3/c10-8-3-1-2-7(6-8)9(12)13-5-4-11/h1-4,6H,5H2. The van der Waals surface area contributed by atoms with Gasteiger partial charge in [0.25, 0.3) is 0 Å². The first kappa shape index (κ1) is 9.92. The van der Waals surface area contributed by atoms with Gasteiger partial charge in [0.2, 0.25) is 0 Å². The lowest BCUT2D eigenvalue weighted by atomic mass is 10.2. The molecule has 1 rings (SSSR count). The molecule has 0 bridgehead atoms. The maximum atomic E-state index is 11.2. The van der Waals surface area contributed by atoms with Crippen LogP contribution < -0.4 is 0 Å². The van der Waals surface area contributed by atoms with Gasteiger partial charge in [-0.05, 0) is 18.2 Å². The molecule has 1 aromatic carbocycles. The van der Waals surface area contributed by atoms with Crippen LogP contribution in [0.5, 0.6) is 0 Å². The molecule has 0 aliphatic carbocycles. The summed E-state index contributed by atoms with van der Waals surface area (Å²) in [7, 11) is 0. The number of esters is 1. The molecule has 0 spiro atoms. The molecule has 0 aliphatic heterocycles. The Hall–Kier alpha value is -1.16. The van der Waals surface area contributed by atoms with E-state index in [9.17, 15) is 9.59 Å². The Morgan fingerprint density at radius 2 is 2.31 bits per heavy atom. The van der Waals surface area contributed by atoms with Crippen molar-refractivity contribution in [1.82, 2.24) is 0 Å². The quantitative estimate of drug-likeness (QED) is 0.600. The highest BCUT2D eigenvalue weighted by molar-refractivity contribution is 9.10. The topological polar surface area (TPSA) is 43.4 Å². The molecule has 0 saturated heterocycles. The zero-order valence-electron chi connectivity index (χ0n) is 6.70. The van der Waals surface area contributed by atoms with E-state index in [1.807, 2.05) is 0 Å². The summed E-state index contributed by atoms with van der Waals surface area (Å²) in [4.78, 5) is 21.1. The molecule has 1 aromatic rings. The van der Waals surface area contributed by atoms with Gasteiger partial charge in [0.1, 0.15) is 6.61 Å². The maximum Gasteiger partial charge on any atom is 0.338 e. The second kappa shape index (κ2) is 4.77. The van der Waals surface area contributed by atoms with Crippen LogP contribution in [-0.4, -0.2) is 18.9 Å². The second-order valence-corrected chi connectivity index (χ2v) is 3.19. The zero-order valence-corrected chi connectivity index (χ0v) is 8.28. The summed E-state index contributed by atoms with van der Waals surface area (Å²) in [5.74, 6) is -0.492. The first-order chi connectivity index (χ1) is 6.24. The van der Waals surface area contributed by atoms with Crippen molar-refractivity contribution in [3.63, 3.8) is 0 Å². The molecule has 0 aromatic heterocycles.